The first-order valence-electron chi connectivity index (χ1n) is 6.58. The van der Waals surface area contributed by atoms with Crippen molar-refractivity contribution in [3.8, 4) is 0 Å². The van der Waals surface area contributed by atoms with Crippen LogP contribution in [0, 0.1) is 18.7 Å². The lowest BCUT2D eigenvalue weighted by Crippen LogP contribution is -2.33. The Morgan fingerprint density at radius 3 is 2.44 bits per heavy atom. The van der Waals surface area contributed by atoms with Crippen LogP contribution in [-0.4, -0.2) is 32.6 Å². The van der Waals surface area contributed by atoms with Crippen LogP contribution in [-0.2, 0) is 0 Å². The lowest BCUT2D eigenvalue weighted by Gasteiger charge is -2.32. The van der Waals surface area contributed by atoms with Crippen LogP contribution in [0.2, 0.25) is 0 Å². The van der Waals surface area contributed by atoms with E-state index < -0.39 is 0 Å². The van der Waals surface area contributed by atoms with E-state index in [0.29, 0.717) is 12.0 Å². The summed E-state index contributed by atoms with van der Waals surface area (Å²) < 4.78 is 13.4. The molecule has 0 spiro atoms. The third kappa shape index (κ3) is 3.53. The zero-order valence-electron chi connectivity index (χ0n) is 12.1. The molecule has 2 nitrogen and oxygen atoms in total. The highest BCUT2D eigenvalue weighted by Gasteiger charge is 2.23. The second-order valence-electron chi connectivity index (χ2n) is 5.14. The zero-order chi connectivity index (χ0) is 13.7. The summed E-state index contributed by atoms with van der Waals surface area (Å²) in [5.41, 5.74) is 1.92. The Labute approximate surface area is 110 Å². The van der Waals surface area contributed by atoms with Gasteiger partial charge in [-0.3, -0.25) is 0 Å². The average molecular weight is 252 g/mol. The van der Waals surface area contributed by atoms with Crippen LogP contribution >= 0.6 is 0 Å². The molecule has 3 heteroatoms. The van der Waals surface area contributed by atoms with Crippen LogP contribution in [0.4, 0.5) is 4.39 Å². The number of aryl methyl sites for hydroxylation is 1. The Morgan fingerprint density at radius 2 is 2.00 bits per heavy atom. The van der Waals surface area contributed by atoms with Crippen molar-refractivity contribution < 1.29 is 4.39 Å². The Hall–Kier alpha value is -0.930. The van der Waals surface area contributed by atoms with Crippen molar-refractivity contribution in [2.75, 3.05) is 27.7 Å². The molecule has 0 aliphatic heterocycles. The maximum Gasteiger partial charge on any atom is 0.126 e. The van der Waals surface area contributed by atoms with E-state index in [9.17, 15) is 4.39 Å². The van der Waals surface area contributed by atoms with Gasteiger partial charge in [0.15, 0.2) is 0 Å². The van der Waals surface area contributed by atoms with E-state index in [0.717, 1.165) is 18.5 Å². The minimum atomic E-state index is -0.127. The van der Waals surface area contributed by atoms with Crippen molar-refractivity contribution >= 4 is 0 Å². The summed E-state index contributed by atoms with van der Waals surface area (Å²) in [6.07, 6.45) is 1.10. The molecule has 0 amide bonds. The summed E-state index contributed by atoms with van der Waals surface area (Å²) in [6.45, 7) is 5.00. The molecule has 0 heterocycles. The molecule has 0 fully saturated rings. The molecule has 2 atom stereocenters. The molecule has 0 aliphatic carbocycles. The van der Waals surface area contributed by atoms with Gasteiger partial charge in [-0.25, -0.2) is 4.39 Å². The molecule has 1 rings (SSSR count). The Morgan fingerprint density at radius 1 is 1.33 bits per heavy atom. The van der Waals surface area contributed by atoms with Crippen LogP contribution in [0.5, 0.6) is 0 Å². The minimum Gasteiger partial charge on any atom is -0.319 e. The predicted molar refractivity (Wildman–Crippen MR) is 75.3 cm³/mol. The van der Waals surface area contributed by atoms with Gasteiger partial charge >= 0.3 is 0 Å². The van der Waals surface area contributed by atoms with Crippen LogP contribution in [0.15, 0.2) is 18.2 Å². The van der Waals surface area contributed by atoms with E-state index in [1.54, 1.807) is 6.07 Å². The van der Waals surface area contributed by atoms with E-state index >= 15 is 0 Å². The molecule has 0 radical (unpaired) electrons. The maximum absolute atomic E-state index is 13.4. The van der Waals surface area contributed by atoms with Gasteiger partial charge in [0.1, 0.15) is 5.82 Å². The zero-order valence-corrected chi connectivity index (χ0v) is 12.1. The molecule has 0 saturated carbocycles. The summed E-state index contributed by atoms with van der Waals surface area (Å²) in [5.74, 6) is 0.396. The van der Waals surface area contributed by atoms with Gasteiger partial charge in [-0.05, 0) is 57.7 Å². The molecule has 102 valence electrons. The van der Waals surface area contributed by atoms with Crippen molar-refractivity contribution in [1.82, 2.24) is 10.2 Å². The van der Waals surface area contributed by atoms with Gasteiger partial charge in [0.05, 0.1) is 0 Å². The Kier molecular flexibility index (Phi) is 5.76. The third-order valence-corrected chi connectivity index (χ3v) is 3.52. The molecule has 2 unspecified atom stereocenters. The monoisotopic (exact) mass is 252 g/mol. The van der Waals surface area contributed by atoms with E-state index in [-0.39, 0.29) is 5.82 Å². The highest BCUT2D eigenvalue weighted by molar-refractivity contribution is 5.27. The first kappa shape index (κ1) is 15.1. The molecule has 0 saturated heterocycles. The lowest BCUT2D eigenvalue weighted by atomic mass is 9.89. The largest absolute Gasteiger partial charge is 0.319 e. The average Bonchev–Trinajstić information content (AvgIpc) is 2.32. The smallest absolute Gasteiger partial charge is 0.126 e. The number of rotatable bonds is 6. The van der Waals surface area contributed by atoms with Gasteiger partial charge in [0, 0.05) is 6.04 Å². The molecule has 0 aromatic heterocycles. The molecule has 0 bridgehead atoms. The number of nitrogens with zero attached hydrogens (tertiary/aromatic N) is 1. The minimum absolute atomic E-state index is 0.127. The second-order valence-corrected chi connectivity index (χ2v) is 5.14. The van der Waals surface area contributed by atoms with Crippen LogP contribution < -0.4 is 5.32 Å². The van der Waals surface area contributed by atoms with Crippen LogP contribution in [0.25, 0.3) is 0 Å². The SMILES string of the molecule is CCC(CNC)C(c1ccc(F)c(C)c1)N(C)C. The summed E-state index contributed by atoms with van der Waals surface area (Å²) in [5, 5.41) is 3.25. The first-order chi connectivity index (χ1) is 8.51. The normalized spacial score (nSPS) is 14.8. The third-order valence-electron chi connectivity index (χ3n) is 3.52. The molecule has 0 aliphatic rings. The fourth-order valence-corrected chi connectivity index (χ4v) is 2.59. The highest BCUT2D eigenvalue weighted by atomic mass is 19.1. The van der Waals surface area contributed by atoms with E-state index in [2.05, 4.69) is 31.2 Å². The number of hydrogen-bond donors (Lipinski definition) is 1. The van der Waals surface area contributed by atoms with Crippen molar-refractivity contribution in [3.05, 3.63) is 35.1 Å². The van der Waals surface area contributed by atoms with Gasteiger partial charge in [-0.2, -0.15) is 0 Å². The van der Waals surface area contributed by atoms with Gasteiger partial charge in [-0.1, -0.05) is 25.5 Å². The van der Waals surface area contributed by atoms with Gasteiger partial charge in [0.25, 0.3) is 0 Å². The summed E-state index contributed by atoms with van der Waals surface area (Å²) in [7, 11) is 6.15. The number of hydrogen-bond acceptors (Lipinski definition) is 2. The molecule has 1 N–H and O–H groups in total. The Balaban J connectivity index is 3.06. The molecular formula is C15H25FN2. The fourth-order valence-electron chi connectivity index (χ4n) is 2.59. The van der Waals surface area contributed by atoms with Gasteiger partial charge < -0.3 is 10.2 Å². The maximum atomic E-state index is 13.4. The molecule has 18 heavy (non-hydrogen) atoms. The van der Waals surface area contributed by atoms with E-state index in [4.69, 9.17) is 0 Å². The van der Waals surface area contributed by atoms with Crippen molar-refractivity contribution in [3.63, 3.8) is 0 Å². The standard InChI is InChI=1S/C15H25FN2/c1-6-12(10-17-3)15(18(4)5)13-7-8-14(16)11(2)9-13/h7-9,12,15,17H,6,10H2,1-5H3. The Bertz CT molecular complexity index is 377. The summed E-state index contributed by atoms with van der Waals surface area (Å²) >= 11 is 0. The number of benzene rings is 1. The fraction of sp³-hybridized carbons (Fsp3) is 0.600. The van der Waals surface area contributed by atoms with Gasteiger partial charge in [0.2, 0.25) is 0 Å². The molecule has 1 aromatic rings. The highest BCUT2D eigenvalue weighted by Crippen LogP contribution is 2.29. The second kappa shape index (κ2) is 6.86. The molecule has 1 aromatic carbocycles. The molecular weight excluding hydrogens is 227 g/mol. The topological polar surface area (TPSA) is 15.3 Å². The van der Waals surface area contributed by atoms with Gasteiger partial charge in [-0.15, -0.1) is 0 Å². The number of halogens is 1. The summed E-state index contributed by atoms with van der Waals surface area (Å²) in [6, 6.07) is 5.78. The van der Waals surface area contributed by atoms with E-state index in [1.165, 1.54) is 5.56 Å². The summed E-state index contributed by atoms with van der Waals surface area (Å²) in [4.78, 5) is 2.22. The van der Waals surface area contributed by atoms with Crippen LogP contribution in [0.3, 0.4) is 0 Å². The van der Waals surface area contributed by atoms with E-state index in [1.807, 2.05) is 26.1 Å². The van der Waals surface area contributed by atoms with Crippen molar-refractivity contribution in [2.45, 2.75) is 26.3 Å². The lowest BCUT2D eigenvalue weighted by molar-refractivity contribution is 0.204. The van der Waals surface area contributed by atoms with Crippen molar-refractivity contribution in [2.24, 2.45) is 5.92 Å². The van der Waals surface area contributed by atoms with Crippen LogP contribution in [0.1, 0.15) is 30.5 Å². The predicted octanol–water partition coefficient (Wildman–Crippen LogP) is 2.98. The quantitative estimate of drug-likeness (QED) is 0.837. The number of nitrogens with one attached hydrogen (secondary N) is 1. The van der Waals surface area contributed by atoms with Crippen molar-refractivity contribution in [1.29, 1.82) is 0 Å². The first-order valence-corrected chi connectivity index (χ1v) is 6.58.